The second-order valence-corrected chi connectivity index (χ2v) is 9.32. The van der Waals surface area contributed by atoms with Crippen LogP contribution in [0.1, 0.15) is 49.7 Å². The zero-order valence-electron chi connectivity index (χ0n) is 19.5. The summed E-state index contributed by atoms with van der Waals surface area (Å²) in [5, 5.41) is 11.7. The lowest BCUT2D eigenvalue weighted by Gasteiger charge is -2.35. The van der Waals surface area contributed by atoms with Gasteiger partial charge in [0, 0.05) is 38.4 Å². The minimum Gasteiger partial charge on any atom is -0.481 e. The molecule has 0 saturated carbocycles. The van der Waals surface area contributed by atoms with Crippen molar-refractivity contribution >= 4 is 18.0 Å². The van der Waals surface area contributed by atoms with Crippen molar-refractivity contribution in [2.45, 2.75) is 38.5 Å². The number of carbonyl (C=O) groups is 3. The first-order chi connectivity index (χ1) is 16.4. The van der Waals surface area contributed by atoms with Gasteiger partial charge in [-0.15, -0.1) is 0 Å². The molecule has 7 heteroatoms. The van der Waals surface area contributed by atoms with Crippen LogP contribution in [-0.2, 0) is 14.3 Å². The highest BCUT2D eigenvalue weighted by Crippen LogP contribution is 2.44. The van der Waals surface area contributed by atoms with Gasteiger partial charge in [-0.05, 0) is 46.9 Å². The summed E-state index contributed by atoms with van der Waals surface area (Å²) in [7, 11) is 0. The molecule has 1 fully saturated rings. The second-order valence-electron chi connectivity index (χ2n) is 9.32. The summed E-state index contributed by atoms with van der Waals surface area (Å²) in [5.41, 5.74) is 4.66. The number of hydrogen-bond donors (Lipinski definition) is 2. The lowest BCUT2D eigenvalue weighted by molar-refractivity contribution is -0.138. The van der Waals surface area contributed by atoms with E-state index >= 15 is 0 Å². The van der Waals surface area contributed by atoms with E-state index in [4.69, 9.17) is 9.84 Å². The van der Waals surface area contributed by atoms with Crippen molar-refractivity contribution in [3.63, 3.8) is 0 Å². The summed E-state index contributed by atoms with van der Waals surface area (Å²) in [5.74, 6) is -0.594. The first-order valence-corrected chi connectivity index (χ1v) is 12.0. The molecule has 7 nitrogen and oxygen atoms in total. The van der Waals surface area contributed by atoms with Crippen molar-refractivity contribution in [2.24, 2.45) is 11.8 Å². The molecule has 1 heterocycles. The van der Waals surface area contributed by atoms with E-state index in [1.165, 1.54) is 11.1 Å². The Labute approximate surface area is 200 Å². The van der Waals surface area contributed by atoms with Crippen LogP contribution in [0.15, 0.2) is 48.5 Å². The number of piperidine rings is 1. The quantitative estimate of drug-likeness (QED) is 0.608. The molecule has 4 rings (SSSR count). The Kier molecular flexibility index (Phi) is 7.50. The fourth-order valence-corrected chi connectivity index (χ4v) is 5.22. The van der Waals surface area contributed by atoms with Crippen LogP contribution in [0, 0.1) is 11.8 Å². The van der Waals surface area contributed by atoms with E-state index in [1.807, 2.05) is 31.2 Å². The zero-order chi connectivity index (χ0) is 24.1. The maximum absolute atomic E-state index is 12.6. The lowest BCUT2D eigenvalue weighted by atomic mass is 9.84. The van der Waals surface area contributed by atoms with Gasteiger partial charge < -0.3 is 20.1 Å². The van der Waals surface area contributed by atoms with E-state index in [1.54, 1.807) is 4.90 Å². The summed E-state index contributed by atoms with van der Waals surface area (Å²) >= 11 is 0. The molecule has 2 atom stereocenters. The largest absolute Gasteiger partial charge is 0.481 e. The van der Waals surface area contributed by atoms with Crippen LogP contribution in [0.25, 0.3) is 11.1 Å². The van der Waals surface area contributed by atoms with Gasteiger partial charge in [-0.2, -0.15) is 0 Å². The third-order valence-corrected chi connectivity index (χ3v) is 7.06. The number of alkyl carbamates (subject to hydrolysis) is 1. The number of hydrogen-bond acceptors (Lipinski definition) is 4. The van der Waals surface area contributed by atoms with Gasteiger partial charge in [0.25, 0.3) is 0 Å². The maximum Gasteiger partial charge on any atom is 0.407 e. The molecule has 0 aromatic heterocycles. The average molecular weight is 465 g/mol. The number of nitrogens with one attached hydrogen (secondary N) is 1. The molecular formula is C27H32N2O5. The minimum atomic E-state index is -0.803. The summed E-state index contributed by atoms with van der Waals surface area (Å²) in [4.78, 5) is 37.7. The number of fused-ring (bicyclic) bond motifs is 3. The summed E-state index contributed by atoms with van der Waals surface area (Å²) in [6, 6.07) is 16.3. The Morgan fingerprint density at radius 1 is 1.09 bits per heavy atom. The van der Waals surface area contributed by atoms with Crippen LogP contribution in [0.2, 0.25) is 0 Å². The van der Waals surface area contributed by atoms with Crippen molar-refractivity contribution in [3.05, 3.63) is 59.7 Å². The predicted octanol–water partition coefficient (Wildman–Crippen LogP) is 4.26. The lowest BCUT2D eigenvalue weighted by Crippen LogP contribution is -2.43. The van der Waals surface area contributed by atoms with Gasteiger partial charge >= 0.3 is 12.1 Å². The second kappa shape index (κ2) is 10.7. The number of carboxylic acids is 1. The molecule has 0 bridgehead atoms. The smallest absolute Gasteiger partial charge is 0.407 e. The molecule has 2 aromatic rings. The number of ether oxygens (including phenoxy) is 1. The fraction of sp³-hybridized carbons (Fsp3) is 0.444. The molecule has 2 N–H and O–H groups in total. The van der Waals surface area contributed by atoms with Gasteiger partial charge in [-0.1, -0.05) is 55.5 Å². The third-order valence-electron chi connectivity index (χ3n) is 7.06. The highest BCUT2D eigenvalue weighted by molar-refractivity contribution is 5.79. The number of benzene rings is 2. The first-order valence-electron chi connectivity index (χ1n) is 12.0. The zero-order valence-corrected chi connectivity index (χ0v) is 19.5. The van der Waals surface area contributed by atoms with Gasteiger partial charge in [0.05, 0.1) is 0 Å². The van der Waals surface area contributed by atoms with Crippen molar-refractivity contribution in [2.75, 3.05) is 26.2 Å². The third kappa shape index (κ3) is 5.41. The van der Waals surface area contributed by atoms with Crippen molar-refractivity contribution in [1.82, 2.24) is 10.2 Å². The van der Waals surface area contributed by atoms with Crippen LogP contribution in [-0.4, -0.2) is 54.2 Å². The molecule has 34 heavy (non-hydrogen) atoms. The number of amides is 2. The minimum absolute atomic E-state index is 0.00198. The highest BCUT2D eigenvalue weighted by Gasteiger charge is 2.30. The SMILES string of the molecule is CC(CC(=O)O)C1CCCN(C(=O)CCNC(=O)OCC2c3ccccc3-c3ccccc32)C1. The molecule has 0 radical (unpaired) electrons. The maximum atomic E-state index is 12.6. The summed E-state index contributed by atoms with van der Waals surface area (Å²) < 4.78 is 5.52. The molecular weight excluding hydrogens is 432 g/mol. The molecule has 1 aliphatic carbocycles. The summed E-state index contributed by atoms with van der Waals surface area (Å²) in [6.45, 7) is 3.65. The van der Waals surface area contributed by atoms with Gasteiger partial charge in [0.15, 0.2) is 0 Å². The van der Waals surface area contributed by atoms with Crippen LogP contribution < -0.4 is 5.32 Å². The Hall–Kier alpha value is -3.35. The van der Waals surface area contributed by atoms with Crippen molar-refractivity contribution in [3.8, 4) is 11.1 Å². The van der Waals surface area contributed by atoms with Crippen LogP contribution in [0.3, 0.4) is 0 Å². The number of aliphatic carboxylic acids is 1. The van der Waals surface area contributed by atoms with E-state index < -0.39 is 12.1 Å². The van der Waals surface area contributed by atoms with E-state index in [0.29, 0.717) is 13.1 Å². The Balaban J connectivity index is 1.23. The summed E-state index contributed by atoms with van der Waals surface area (Å²) in [6.07, 6.45) is 1.61. The molecule has 2 unspecified atom stereocenters. The molecule has 2 aliphatic rings. The molecule has 1 saturated heterocycles. The number of rotatable bonds is 8. The van der Waals surface area contributed by atoms with Crippen molar-refractivity contribution in [1.29, 1.82) is 0 Å². The molecule has 180 valence electrons. The molecule has 2 amide bonds. The van der Waals surface area contributed by atoms with Crippen LogP contribution in [0.4, 0.5) is 4.79 Å². The van der Waals surface area contributed by atoms with E-state index in [2.05, 4.69) is 29.6 Å². The van der Waals surface area contributed by atoms with E-state index in [0.717, 1.165) is 24.0 Å². The van der Waals surface area contributed by atoms with E-state index in [-0.39, 0.29) is 49.7 Å². The standard InChI is InChI=1S/C27H32N2O5/c1-18(15-26(31)32)19-7-6-14-29(16-19)25(30)12-13-28-27(33)34-17-24-22-10-4-2-8-20(22)21-9-3-5-11-23(21)24/h2-5,8-11,18-19,24H,6-7,12-17H2,1H3,(H,28,33)(H,31,32). The Morgan fingerprint density at radius 3 is 2.38 bits per heavy atom. The predicted molar refractivity (Wildman–Crippen MR) is 128 cm³/mol. The van der Waals surface area contributed by atoms with Gasteiger partial charge in [-0.25, -0.2) is 4.79 Å². The van der Waals surface area contributed by atoms with Crippen molar-refractivity contribution < 1.29 is 24.2 Å². The number of likely N-dealkylation sites (tertiary alicyclic amines) is 1. The number of nitrogens with zero attached hydrogens (tertiary/aromatic N) is 1. The normalized spacial score (nSPS) is 18.0. The average Bonchev–Trinajstić information content (AvgIpc) is 3.16. The van der Waals surface area contributed by atoms with Gasteiger partial charge in [-0.3, -0.25) is 9.59 Å². The Bertz CT molecular complexity index is 1010. The van der Waals surface area contributed by atoms with Gasteiger partial charge in [0.1, 0.15) is 6.61 Å². The van der Waals surface area contributed by atoms with Crippen LogP contribution >= 0.6 is 0 Å². The topological polar surface area (TPSA) is 95.9 Å². The Morgan fingerprint density at radius 2 is 1.74 bits per heavy atom. The van der Waals surface area contributed by atoms with E-state index in [9.17, 15) is 14.4 Å². The molecule has 0 spiro atoms. The number of carbonyl (C=O) groups excluding carboxylic acids is 2. The fourth-order valence-electron chi connectivity index (χ4n) is 5.22. The number of carboxylic acid groups (broad SMARTS) is 1. The van der Waals surface area contributed by atoms with Crippen LogP contribution in [0.5, 0.6) is 0 Å². The first kappa shape index (κ1) is 23.8. The molecule has 1 aliphatic heterocycles. The molecule has 2 aromatic carbocycles. The monoisotopic (exact) mass is 464 g/mol. The van der Waals surface area contributed by atoms with Gasteiger partial charge in [0.2, 0.25) is 5.91 Å². The highest BCUT2D eigenvalue weighted by atomic mass is 16.5.